The van der Waals surface area contributed by atoms with Gasteiger partial charge in [0, 0.05) is 30.9 Å². The number of nitrogens with zero attached hydrogens (tertiary/aromatic N) is 1. The number of hydrogen-bond acceptors (Lipinski definition) is 4. The summed E-state index contributed by atoms with van der Waals surface area (Å²) in [6.45, 7) is 3.86. The van der Waals surface area contributed by atoms with E-state index in [4.69, 9.17) is 4.74 Å². The number of hydrogen-bond donors (Lipinski definition) is 1. The topological polar surface area (TPSA) is 58.6 Å². The zero-order valence-corrected chi connectivity index (χ0v) is 13.8. The first-order valence-corrected chi connectivity index (χ1v) is 8.49. The minimum atomic E-state index is -0.334. The molecule has 0 saturated carbocycles. The van der Waals surface area contributed by atoms with E-state index in [-0.39, 0.29) is 18.5 Å². The van der Waals surface area contributed by atoms with Crippen LogP contribution in [0.4, 0.5) is 11.4 Å². The van der Waals surface area contributed by atoms with Crippen molar-refractivity contribution in [2.24, 2.45) is 0 Å². The summed E-state index contributed by atoms with van der Waals surface area (Å²) in [7, 11) is 0. The smallest absolute Gasteiger partial charge is 0.306 e. The average Bonchev–Trinajstić information content (AvgIpc) is 2.83. The van der Waals surface area contributed by atoms with Crippen LogP contribution in [0.3, 0.4) is 0 Å². The van der Waals surface area contributed by atoms with Gasteiger partial charge in [0.1, 0.15) is 0 Å². The van der Waals surface area contributed by atoms with Gasteiger partial charge in [0.15, 0.2) is 6.61 Å². The van der Waals surface area contributed by atoms with Crippen LogP contribution < -0.4 is 10.2 Å². The van der Waals surface area contributed by atoms with Crippen LogP contribution in [-0.4, -0.2) is 31.6 Å². The molecule has 5 nitrogen and oxygen atoms in total. The van der Waals surface area contributed by atoms with Gasteiger partial charge in [0.2, 0.25) is 0 Å². The van der Waals surface area contributed by atoms with Crippen molar-refractivity contribution in [3.63, 3.8) is 0 Å². The lowest BCUT2D eigenvalue weighted by Gasteiger charge is -2.22. The van der Waals surface area contributed by atoms with Crippen LogP contribution in [0.25, 0.3) is 0 Å². The van der Waals surface area contributed by atoms with Crippen LogP contribution in [0.15, 0.2) is 24.3 Å². The molecule has 1 aromatic carbocycles. The largest absolute Gasteiger partial charge is 0.456 e. The third kappa shape index (κ3) is 5.93. The SMILES string of the molecule is CCCC(=O)OCC(=O)Nc1ccc(N2CCCCCC2)cc1. The quantitative estimate of drug-likeness (QED) is 0.817. The number of benzene rings is 1. The van der Waals surface area contributed by atoms with Gasteiger partial charge in [0.25, 0.3) is 5.91 Å². The molecule has 1 aliphatic rings. The highest BCUT2D eigenvalue weighted by Gasteiger charge is 2.10. The lowest BCUT2D eigenvalue weighted by molar-refractivity contribution is -0.147. The Morgan fingerprint density at radius 3 is 2.35 bits per heavy atom. The van der Waals surface area contributed by atoms with Crippen molar-refractivity contribution in [1.29, 1.82) is 0 Å². The third-order valence-electron chi connectivity index (χ3n) is 3.94. The summed E-state index contributed by atoms with van der Waals surface area (Å²) < 4.78 is 4.89. The predicted octanol–water partition coefficient (Wildman–Crippen LogP) is 3.35. The summed E-state index contributed by atoms with van der Waals surface area (Å²) in [6, 6.07) is 7.85. The molecular weight excluding hydrogens is 292 g/mol. The van der Waals surface area contributed by atoms with Crippen molar-refractivity contribution in [3.8, 4) is 0 Å². The zero-order valence-electron chi connectivity index (χ0n) is 13.8. The summed E-state index contributed by atoms with van der Waals surface area (Å²) >= 11 is 0. The second-order valence-corrected chi connectivity index (χ2v) is 5.91. The summed E-state index contributed by atoms with van der Waals surface area (Å²) in [6.07, 6.45) is 6.16. The molecule has 1 fully saturated rings. The molecule has 0 aromatic heterocycles. The molecule has 23 heavy (non-hydrogen) atoms. The molecule has 1 N–H and O–H groups in total. The van der Waals surface area contributed by atoms with E-state index in [1.54, 1.807) is 0 Å². The molecule has 1 heterocycles. The summed E-state index contributed by atoms with van der Waals surface area (Å²) in [5.74, 6) is -0.642. The summed E-state index contributed by atoms with van der Waals surface area (Å²) in [5, 5.41) is 2.75. The van der Waals surface area contributed by atoms with Gasteiger partial charge in [-0.3, -0.25) is 9.59 Å². The van der Waals surface area contributed by atoms with Crippen LogP contribution in [-0.2, 0) is 14.3 Å². The maximum atomic E-state index is 11.8. The van der Waals surface area contributed by atoms with Crippen molar-refractivity contribution < 1.29 is 14.3 Å². The number of rotatable bonds is 6. The Kier molecular flexibility index (Phi) is 6.91. The summed E-state index contributed by atoms with van der Waals surface area (Å²) in [5.41, 5.74) is 1.92. The number of carbonyl (C=O) groups excluding carboxylic acids is 2. The molecule has 5 heteroatoms. The van der Waals surface area contributed by atoms with Gasteiger partial charge in [-0.1, -0.05) is 19.8 Å². The van der Waals surface area contributed by atoms with Crippen LogP contribution in [0.1, 0.15) is 45.4 Å². The highest BCUT2D eigenvalue weighted by atomic mass is 16.5. The maximum Gasteiger partial charge on any atom is 0.306 e. The maximum absolute atomic E-state index is 11.8. The van der Waals surface area contributed by atoms with Crippen molar-refractivity contribution in [1.82, 2.24) is 0 Å². The van der Waals surface area contributed by atoms with E-state index >= 15 is 0 Å². The Hall–Kier alpha value is -2.04. The van der Waals surface area contributed by atoms with E-state index in [1.165, 1.54) is 31.4 Å². The van der Waals surface area contributed by atoms with Gasteiger partial charge in [-0.2, -0.15) is 0 Å². The number of amides is 1. The fourth-order valence-electron chi connectivity index (χ4n) is 2.70. The standard InChI is InChI=1S/C18H26N2O3/c1-2-7-18(22)23-14-17(21)19-15-8-10-16(11-9-15)20-12-5-3-4-6-13-20/h8-11H,2-7,12-14H2,1H3,(H,19,21). The number of anilines is 2. The third-order valence-corrected chi connectivity index (χ3v) is 3.94. The first kappa shape index (κ1) is 17.3. The second-order valence-electron chi connectivity index (χ2n) is 5.91. The average molecular weight is 318 g/mol. The van der Waals surface area contributed by atoms with Crippen LogP contribution in [0, 0.1) is 0 Å². The molecule has 0 atom stereocenters. The zero-order chi connectivity index (χ0) is 16.5. The fraction of sp³-hybridized carbons (Fsp3) is 0.556. The molecular formula is C18H26N2O3. The molecule has 1 aliphatic heterocycles. The highest BCUT2D eigenvalue weighted by Crippen LogP contribution is 2.21. The number of nitrogens with one attached hydrogen (secondary N) is 1. The van der Waals surface area contributed by atoms with Crippen LogP contribution in [0.5, 0.6) is 0 Å². The Labute approximate surface area is 138 Å². The van der Waals surface area contributed by atoms with E-state index in [2.05, 4.69) is 10.2 Å². The van der Waals surface area contributed by atoms with Gasteiger partial charge < -0.3 is 15.0 Å². The Morgan fingerprint density at radius 1 is 1.09 bits per heavy atom. The van der Waals surface area contributed by atoms with Crippen molar-refractivity contribution in [3.05, 3.63) is 24.3 Å². The highest BCUT2D eigenvalue weighted by molar-refractivity contribution is 5.92. The molecule has 0 bridgehead atoms. The lowest BCUT2D eigenvalue weighted by Crippen LogP contribution is -2.24. The second kappa shape index (κ2) is 9.18. The molecule has 0 aliphatic carbocycles. The number of esters is 1. The van der Waals surface area contributed by atoms with E-state index in [9.17, 15) is 9.59 Å². The monoisotopic (exact) mass is 318 g/mol. The Morgan fingerprint density at radius 2 is 1.74 bits per heavy atom. The minimum Gasteiger partial charge on any atom is -0.456 e. The van der Waals surface area contributed by atoms with Gasteiger partial charge in [-0.05, 0) is 43.5 Å². The molecule has 1 saturated heterocycles. The van der Waals surface area contributed by atoms with Gasteiger partial charge in [-0.15, -0.1) is 0 Å². The van der Waals surface area contributed by atoms with E-state index < -0.39 is 0 Å². The van der Waals surface area contributed by atoms with Gasteiger partial charge in [-0.25, -0.2) is 0 Å². The molecule has 2 rings (SSSR count). The fourth-order valence-corrected chi connectivity index (χ4v) is 2.70. The van der Waals surface area contributed by atoms with Crippen molar-refractivity contribution in [2.45, 2.75) is 45.4 Å². The van der Waals surface area contributed by atoms with E-state index in [0.717, 1.165) is 25.2 Å². The van der Waals surface area contributed by atoms with Gasteiger partial charge in [0.05, 0.1) is 0 Å². The molecule has 0 unspecified atom stereocenters. The van der Waals surface area contributed by atoms with Gasteiger partial charge >= 0.3 is 5.97 Å². The lowest BCUT2D eigenvalue weighted by atomic mass is 10.2. The minimum absolute atomic E-state index is 0.229. The number of carbonyl (C=O) groups is 2. The molecule has 1 aromatic rings. The van der Waals surface area contributed by atoms with Crippen molar-refractivity contribution >= 4 is 23.3 Å². The van der Waals surface area contributed by atoms with Crippen molar-refractivity contribution in [2.75, 3.05) is 29.9 Å². The summed E-state index contributed by atoms with van der Waals surface area (Å²) in [4.78, 5) is 25.4. The molecule has 1 amide bonds. The Bertz CT molecular complexity index is 506. The first-order valence-electron chi connectivity index (χ1n) is 8.49. The number of ether oxygens (including phenoxy) is 1. The molecule has 0 spiro atoms. The molecule has 0 radical (unpaired) electrons. The Balaban J connectivity index is 1.82. The van der Waals surface area contributed by atoms with Crippen LogP contribution in [0.2, 0.25) is 0 Å². The first-order chi connectivity index (χ1) is 11.2. The predicted molar refractivity (Wildman–Crippen MR) is 91.6 cm³/mol. The normalized spacial score (nSPS) is 14.9. The van der Waals surface area contributed by atoms with Crippen LogP contribution >= 0.6 is 0 Å². The molecule has 126 valence electrons. The van der Waals surface area contributed by atoms with E-state index in [1.807, 2.05) is 31.2 Å². The van der Waals surface area contributed by atoms with E-state index in [0.29, 0.717) is 6.42 Å².